The van der Waals surface area contributed by atoms with Crippen molar-refractivity contribution in [2.75, 3.05) is 13.1 Å². The molecule has 0 radical (unpaired) electrons. The zero-order valence-electron chi connectivity index (χ0n) is 13.0. The second-order valence-electron chi connectivity index (χ2n) is 7.01. The smallest absolute Gasteiger partial charge is 0.0702 e. The van der Waals surface area contributed by atoms with Crippen LogP contribution in [0.5, 0.6) is 0 Å². The first kappa shape index (κ1) is 16.5. The average molecular weight is 359 g/mol. The number of likely N-dealkylation sites (tertiary alicyclic amines) is 1. The van der Waals surface area contributed by atoms with Gasteiger partial charge in [0, 0.05) is 17.5 Å². The molecule has 1 aliphatic heterocycles. The molecule has 2 heterocycles. The van der Waals surface area contributed by atoms with E-state index in [-0.39, 0.29) is 6.04 Å². The molecule has 0 aliphatic carbocycles. The zero-order valence-corrected chi connectivity index (χ0v) is 15.4. The number of hydrogen-bond acceptors (Lipinski definition) is 3. The molecule has 4 heteroatoms. The third-order valence-electron chi connectivity index (χ3n) is 4.60. The van der Waals surface area contributed by atoms with Crippen molar-refractivity contribution >= 4 is 27.3 Å². The Labute approximate surface area is 135 Å². The molecule has 1 fully saturated rings. The largest absolute Gasteiger partial charge is 0.326 e. The van der Waals surface area contributed by atoms with E-state index >= 15 is 0 Å². The Balaban J connectivity index is 2.17. The van der Waals surface area contributed by atoms with Gasteiger partial charge in [-0.05, 0) is 58.8 Å². The summed E-state index contributed by atoms with van der Waals surface area (Å²) in [5.41, 5.74) is 6.84. The monoisotopic (exact) mass is 358 g/mol. The molecular formula is C16H27BrN2S. The maximum atomic E-state index is 6.44. The second-order valence-corrected chi connectivity index (χ2v) is 9.50. The summed E-state index contributed by atoms with van der Waals surface area (Å²) in [6, 6.07) is 4.98. The molecule has 20 heavy (non-hydrogen) atoms. The van der Waals surface area contributed by atoms with E-state index in [1.807, 2.05) is 11.3 Å². The number of rotatable bonds is 4. The van der Waals surface area contributed by atoms with Crippen molar-refractivity contribution < 1.29 is 0 Å². The van der Waals surface area contributed by atoms with Gasteiger partial charge >= 0.3 is 0 Å². The molecule has 1 saturated heterocycles. The van der Waals surface area contributed by atoms with Crippen molar-refractivity contribution in [3.63, 3.8) is 0 Å². The van der Waals surface area contributed by atoms with Crippen LogP contribution in [-0.2, 0) is 0 Å². The predicted octanol–water partition coefficient (Wildman–Crippen LogP) is 4.66. The molecule has 114 valence electrons. The maximum absolute atomic E-state index is 6.44. The van der Waals surface area contributed by atoms with Crippen molar-refractivity contribution in [2.24, 2.45) is 17.1 Å². The number of nitrogens with zero attached hydrogens (tertiary/aromatic N) is 1. The van der Waals surface area contributed by atoms with Crippen LogP contribution >= 0.6 is 27.3 Å². The van der Waals surface area contributed by atoms with Crippen molar-refractivity contribution in [1.82, 2.24) is 4.90 Å². The van der Waals surface area contributed by atoms with Gasteiger partial charge in [0.25, 0.3) is 0 Å². The lowest BCUT2D eigenvalue weighted by molar-refractivity contribution is 0.177. The topological polar surface area (TPSA) is 29.3 Å². The van der Waals surface area contributed by atoms with Crippen molar-refractivity contribution in [3.05, 3.63) is 20.8 Å². The van der Waals surface area contributed by atoms with Crippen LogP contribution in [0.3, 0.4) is 0 Å². The lowest BCUT2D eigenvalue weighted by Crippen LogP contribution is -2.40. The van der Waals surface area contributed by atoms with E-state index in [4.69, 9.17) is 5.73 Å². The summed E-state index contributed by atoms with van der Waals surface area (Å²) >= 11 is 5.41. The summed E-state index contributed by atoms with van der Waals surface area (Å²) < 4.78 is 1.20. The van der Waals surface area contributed by atoms with Crippen molar-refractivity contribution in [2.45, 2.75) is 52.6 Å². The fourth-order valence-corrected chi connectivity index (χ4v) is 4.75. The van der Waals surface area contributed by atoms with E-state index in [0.29, 0.717) is 11.5 Å². The van der Waals surface area contributed by atoms with Gasteiger partial charge in [0.05, 0.1) is 9.83 Å². The average Bonchev–Trinajstić information content (AvgIpc) is 2.98. The standard InChI is InChI=1S/C16H27BrN2S/c1-5-12(18)15(13-6-7-14(17)20-13)19-9-8-11(10-19)16(2,3)4/h6-7,11-12,15H,5,8-10,18H2,1-4H3. The van der Waals surface area contributed by atoms with Crippen LogP contribution in [0.2, 0.25) is 0 Å². The highest BCUT2D eigenvalue weighted by molar-refractivity contribution is 9.11. The van der Waals surface area contributed by atoms with Crippen LogP contribution in [0.25, 0.3) is 0 Å². The molecule has 1 aliphatic rings. The number of thiophene rings is 1. The SMILES string of the molecule is CCC(N)C(c1ccc(Br)s1)N1CCC(C(C)(C)C)C1. The Hall–Kier alpha value is 0.1000. The molecule has 0 aromatic carbocycles. The van der Waals surface area contributed by atoms with Gasteiger partial charge in [0.15, 0.2) is 0 Å². The molecule has 1 aromatic rings. The number of hydrogen-bond donors (Lipinski definition) is 1. The lowest BCUT2D eigenvalue weighted by atomic mass is 9.80. The number of nitrogens with two attached hydrogens (primary N) is 1. The Morgan fingerprint density at radius 3 is 2.60 bits per heavy atom. The highest BCUT2D eigenvalue weighted by Crippen LogP contribution is 2.40. The van der Waals surface area contributed by atoms with Crippen LogP contribution in [0, 0.1) is 11.3 Å². The minimum absolute atomic E-state index is 0.222. The van der Waals surface area contributed by atoms with Crippen LogP contribution in [0.4, 0.5) is 0 Å². The molecule has 0 spiro atoms. The highest BCUT2D eigenvalue weighted by Gasteiger charge is 2.37. The van der Waals surface area contributed by atoms with E-state index in [0.717, 1.165) is 12.3 Å². The van der Waals surface area contributed by atoms with Gasteiger partial charge in [-0.25, -0.2) is 0 Å². The Kier molecular flexibility index (Phi) is 5.33. The van der Waals surface area contributed by atoms with Crippen LogP contribution < -0.4 is 5.73 Å². The van der Waals surface area contributed by atoms with Gasteiger partial charge in [-0.3, -0.25) is 4.90 Å². The van der Waals surface area contributed by atoms with Crippen LogP contribution in [-0.4, -0.2) is 24.0 Å². The van der Waals surface area contributed by atoms with Gasteiger partial charge in [-0.1, -0.05) is 27.7 Å². The summed E-state index contributed by atoms with van der Waals surface area (Å²) in [6.07, 6.45) is 2.32. The Morgan fingerprint density at radius 2 is 2.15 bits per heavy atom. The minimum atomic E-state index is 0.222. The third-order valence-corrected chi connectivity index (χ3v) is 6.29. The van der Waals surface area contributed by atoms with Crippen molar-refractivity contribution in [3.8, 4) is 0 Å². The van der Waals surface area contributed by atoms with Gasteiger partial charge in [0.2, 0.25) is 0 Å². The van der Waals surface area contributed by atoms with Crippen LogP contribution in [0.1, 0.15) is 51.5 Å². The zero-order chi connectivity index (χ0) is 14.9. The van der Waals surface area contributed by atoms with Crippen LogP contribution in [0.15, 0.2) is 15.9 Å². The van der Waals surface area contributed by atoms with Gasteiger partial charge in [0.1, 0.15) is 0 Å². The first-order valence-corrected chi connectivity index (χ1v) is 9.18. The normalized spacial score (nSPS) is 24.0. The summed E-state index contributed by atoms with van der Waals surface area (Å²) in [7, 11) is 0. The molecular weight excluding hydrogens is 332 g/mol. The summed E-state index contributed by atoms with van der Waals surface area (Å²) in [6.45, 7) is 11.6. The van der Waals surface area contributed by atoms with E-state index in [1.165, 1.54) is 28.2 Å². The van der Waals surface area contributed by atoms with E-state index in [9.17, 15) is 0 Å². The second kappa shape index (κ2) is 6.47. The third kappa shape index (κ3) is 3.65. The molecule has 2 nitrogen and oxygen atoms in total. The molecule has 0 saturated carbocycles. The Morgan fingerprint density at radius 1 is 1.45 bits per heavy atom. The maximum Gasteiger partial charge on any atom is 0.0702 e. The highest BCUT2D eigenvalue weighted by atomic mass is 79.9. The molecule has 0 bridgehead atoms. The van der Waals surface area contributed by atoms with E-state index < -0.39 is 0 Å². The molecule has 3 atom stereocenters. The first-order chi connectivity index (χ1) is 9.32. The molecule has 3 unspecified atom stereocenters. The predicted molar refractivity (Wildman–Crippen MR) is 92.2 cm³/mol. The van der Waals surface area contributed by atoms with Crippen molar-refractivity contribution in [1.29, 1.82) is 0 Å². The molecule has 0 amide bonds. The first-order valence-electron chi connectivity index (χ1n) is 7.57. The van der Waals surface area contributed by atoms with Gasteiger partial charge in [-0.2, -0.15) is 0 Å². The fraction of sp³-hybridized carbons (Fsp3) is 0.750. The van der Waals surface area contributed by atoms with E-state index in [1.54, 1.807) is 0 Å². The van der Waals surface area contributed by atoms with Gasteiger partial charge < -0.3 is 5.73 Å². The lowest BCUT2D eigenvalue weighted by Gasteiger charge is -2.33. The Bertz CT molecular complexity index is 438. The summed E-state index contributed by atoms with van der Waals surface area (Å²) in [4.78, 5) is 4.02. The quantitative estimate of drug-likeness (QED) is 0.847. The number of halogens is 1. The summed E-state index contributed by atoms with van der Waals surface area (Å²) in [5.74, 6) is 0.775. The molecule has 2 N–H and O–H groups in total. The molecule has 1 aromatic heterocycles. The fourth-order valence-electron chi connectivity index (χ4n) is 3.12. The van der Waals surface area contributed by atoms with E-state index in [2.05, 4.69) is 60.7 Å². The minimum Gasteiger partial charge on any atom is -0.326 e. The van der Waals surface area contributed by atoms with Gasteiger partial charge in [-0.15, -0.1) is 11.3 Å². The summed E-state index contributed by atoms with van der Waals surface area (Å²) in [5, 5.41) is 0. The molecule has 2 rings (SSSR count).